The molecular weight excluding hydrogens is 246 g/mol. The average Bonchev–Trinajstić information content (AvgIpc) is 2.59. The Morgan fingerprint density at radius 1 is 1.32 bits per heavy atom. The fourth-order valence-corrected chi connectivity index (χ4v) is 3.07. The molecule has 0 spiro atoms. The molecule has 108 valence electrons. The third-order valence-electron chi connectivity index (χ3n) is 4.44. The maximum Gasteiger partial charge on any atom is 0.326 e. The van der Waals surface area contributed by atoms with E-state index in [0.717, 1.165) is 12.8 Å². The maximum absolute atomic E-state index is 12.1. The molecule has 0 aliphatic carbocycles. The van der Waals surface area contributed by atoms with Gasteiger partial charge in [-0.3, -0.25) is 4.90 Å². The molecule has 2 N–H and O–H groups in total. The minimum Gasteiger partial charge on any atom is -0.480 e. The van der Waals surface area contributed by atoms with Gasteiger partial charge in [0.2, 0.25) is 0 Å². The monoisotopic (exact) mass is 269 g/mol. The van der Waals surface area contributed by atoms with Crippen molar-refractivity contribution < 1.29 is 14.7 Å². The molecule has 19 heavy (non-hydrogen) atoms. The van der Waals surface area contributed by atoms with Crippen molar-refractivity contribution in [3.63, 3.8) is 0 Å². The summed E-state index contributed by atoms with van der Waals surface area (Å²) in [7, 11) is 2.12. The highest BCUT2D eigenvalue weighted by Crippen LogP contribution is 2.28. The molecule has 2 aliphatic rings. The van der Waals surface area contributed by atoms with E-state index in [4.69, 9.17) is 5.11 Å². The molecule has 0 radical (unpaired) electrons. The summed E-state index contributed by atoms with van der Waals surface area (Å²) >= 11 is 0. The number of hydrogen-bond donors (Lipinski definition) is 2. The molecule has 6 nitrogen and oxygen atoms in total. The molecule has 0 aromatic carbocycles. The molecule has 0 aromatic rings. The van der Waals surface area contributed by atoms with Gasteiger partial charge in [0.15, 0.2) is 0 Å². The summed E-state index contributed by atoms with van der Waals surface area (Å²) in [5.74, 6) is -0.968. The van der Waals surface area contributed by atoms with Gasteiger partial charge in [-0.15, -0.1) is 0 Å². The number of rotatable bonds is 3. The van der Waals surface area contributed by atoms with Gasteiger partial charge >= 0.3 is 12.0 Å². The Hall–Kier alpha value is -1.30. The second-order valence-corrected chi connectivity index (χ2v) is 5.53. The second kappa shape index (κ2) is 5.77. The van der Waals surface area contributed by atoms with E-state index in [0.29, 0.717) is 31.6 Å². The van der Waals surface area contributed by atoms with Gasteiger partial charge in [0.25, 0.3) is 0 Å². The van der Waals surface area contributed by atoms with Gasteiger partial charge < -0.3 is 15.3 Å². The van der Waals surface area contributed by atoms with Crippen molar-refractivity contribution in [1.82, 2.24) is 15.1 Å². The number of carbonyl (C=O) groups is 2. The number of amides is 2. The van der Waals surface area contributed by atoms with E-state index in [1.54, 1.807) is 11.8 Å². The van der Waals surface area contributed by atoms with Crippen molar-refractivity contribution >= 4 is 12.0 Å². The van der Waals surface area contributed by atoms with Gasteiger partial charge in [-0.25, -0.2) is 9.59 Å². The lowest BCUT2D eigenvalue weighted by molar-refractivity contribution is -0.139. The SMILES string of the molecule is CCC(NC(=O)N1CCC2CCC(C1)N2C)C(=O)O. The number of aliphatic carboxylic acids is 1. The Balaban J connectivity index is 1.94. The lowest BCUT2D eigenvalue weighted by Crippen LogP contribution is -2.50. The van der Waals surface area contributed by atoms with Crippen LogP contribution in [0.2, 0.25) is 0 Å². The highest BCUT2D eigenvalue weighted by molar-refractivity contribution is 5.82. The fourth-order valence-electron chi connectivity index (χ4n) is 3.07. The third-order valence-corrected chi connectivity index (χ3v) is 4.44. The topological polar surface area (TPSA) is 72.9 Å². The molecule has 0 aromatic heterocycles. The number of urea groups is 1. The summed E-state index contributed by atoms with van der Waals surface area (Å²) in [4.78, 5) is 27.2. The molecule has 2 amide bonds. The summed E-state index contributed by atoms with van der Waals surface area (Å²) in [5.41, 5.74) is 0. The number of fused-ring (bicyclic) bond motifs is 2. The fraction of sp³-hybridized carbons (Fsp3) is 0.846. The van der Waals surface area contributed by atoms with E-state index in [1.165, 1.54) is 6.42 Å². The number of carbonyl (C=O) groups excluding carboxylic acids is 1. The highest BCUT2D eigenvalue weighted by Gasteiger charge is 2.36. The van der Waals surface area contributed by atoms with Crippen LogP contribution in [0.25, 0.3) is 0 Å². The van der Waals surface area contributed by atoms with Crippen LogP contribution in [0, 0.1) is 0 Å². The molecule has 3 atom stereocenters. The van der Waals surface area contributed by atoms with Crippen LogP contribution in [0.4, 0.5) is 4.79 Å². The minimum absolute atomic E-state index is 0.241. The Labute approximate surface area is 113 Å². The van der Waals surface area contributed by atoms with E-state index in [-0.39, 0.29) is 6.03 Å². The first-order valence-corrected chi connectivity index (χ1v) is 7.03. The molecule has 2 saturated heterocycles. The molecule has 2 bridgehead atoms. The molecule has 6 heteroatoms. The van der Waals surface area contributed by atoms with Gasteiger partial charge in [0.05, 0.1) is 0 Å². The first-order valence-electron chi connectivity index (χ1n) is 7.03. The van der Waals surface area contributed by atoms with Crippen molar-refractivity contribution in [3.05, 3.63) is 0 Å². The Morgan fingerprint density at radius 2 is 2.00 bits per heavy atom. The number of carboxylic acids is 1. The number of nitrogens with zero attached hydrogens (tertiary/aromatic N) is 2. The molecule has 3 unspecified atom stereocenters. The molecule has 2 rings (SSSR count). The van der Waals surface area contributed by atoms with Crippen LogP contribution in [0.3, 0.4) is 0 Å². The third kappa shape index (κ3) is 3.00. The standard InChI is InChI=1S/C13H23N3O3/c1-3-11(12(17)18)14-13(19)16-7-6-9-4-5-10(8-16)15(9)2/h9-11H,3-8H2,1-2H3,(H,14,19)(H,17,18). The van der Waals surface area contributed by atoms with E-state index in [9.17, 15) is 9.59 Å². The van der Waals surface area contributed by atoms with Crippen molar-refractivity contribution in [1.29, 1.82) is 0 Å². The summed E-state index contributed by atoms with van der Waals surface area (Å²) in [6, 6.07) is -0.0340. The number of carboxylic acid groups (broad SMARTS) is 1. The van der Waals surface area contributed by atoms with Crippen LogP contribution in [-0.4, -0.2) is 65.2 Å². The van der Waals surface area contributed by atoms with Crippen LogP contribution in [-0.2, 0) is 4.79 Å². The van der Waals surface area contributed by atoms with Crippen LogP contribution in [0.1, 0.15) is 32.6 Å². The summed E-state index contributed by atoms with van der Waals surface area (Å²) in [6.45, 7) is 3.18. The molecule has 2 heterocycles. The minimum atomic E-state index is -0.968. The van der Waals surface area contributed by atoms with E-state index in [1.807, 2.05) is 0 Å². The summed E-state index contributed by atoms with van der Waals surface area (Å²) in [5, 5.41) is 11.6. The predicted octanol–water partition coefficient (Wildman–Crippen LogP) is 0.728. The van der Waals surface area contributed by atoms with Crippen LogP contribution in [0.15, 0.2) is 0 Å². The number of hydrogen-bond acceptors (Lipinski definition) is 3. The van der Waals surface area contributed by atoms with Crippen molar-refractivity contribution in [2.75, 3.05) is 20.1 Å². The zero-order valence-corrected chi connectivity index (χ0v) is 11.6. The van der Waals surface area contributed by atoms with Gasteiger partial charge in [0.1, 0.15) is 6.04 Å². The highest BCUT2D eigenvalue weighted by atomic mass is 16.4. The van der Waals surface area contributed by atoms with Crippen molar-refractivity contribution in [2.24, 2.45) is 0 Å². The quantitative estimate of drug-likeness (QED) is 0.792. The molecule has 2 fully saturated rings. The van der Waals surface area contributed by atoms with Crippen LogP contribution < -0.4 is 5.32 Å². The van der Waals surface area contributed by atoms with E-state index < -0.39 is 12.0 Å². The number of nitrogens with one attached hydrogen (secondary N) is 1. The summed E-state index contributed by atoms with van der Waals surface area (Å²) < 4.78 is 0. The molecular formula is C13H23N3O3. The summed E-state index contributed by atoms with van der Waals surface area (Å²) in [6.07, 6.45) is 3.72. The van der Waals surface area contributed by atoms with Gasteiger partial charge in [-0.1, -0.05) is 6.92 Å². The lowest BCUT2D eigenvalue weighted by atomic mass is 10.1. The Kier molecular flexibility index (Phi) is 4.29. The first kappa shape index (κ1) is 14.1. The lowest BCUT2D eigenvalue weighted by Gasteiger charge is -2.27. The number of likely N-dealkylation sites (N-methyl/N-ethyl adjacent to an activating group) is 1. The van der Waals surface area contributed by atoms with Gasteiger partial charge in [-0.05, 0) is 32.7 Å². The van der Waals surface area contributed by atoms with Crippen molar-refractivity contribution in [3.8, 4) is 0 Å². The molecule has 0 saturated carbocycles. The smallest absolute Gasteiger partial charge is 0.326 e. The predicted molar refractivity (Wildman–Crippen MR) is 71.0 cm³/mol. The van der Waals surface area contributed by atoms with Gasteiger partial charge in [0, 0.05) is 25.2 Å². The average molecular weight is 269 g/mol. The second-order valence-electron chi connectivity index (χ2n) is 5.53. The zero-order valence-electron chi connectivity index (χ0n) is 11.6. The molecule has 2 aliphatic heterocycles. The van der Waals surface area contributed by atoms with E-state index in [2.05, 4.69) is 17.3 Å². The Bertz CT molecular complexity index is 361. The first-order chi connectivity index (χ1) is 9.02. The van der Waals surface area contributed by atoms with Crippen molar-refractivity contribution in [2.45, 2.75) is 50.7 Å². The normalized spacial score (nSPS) is 28.8. The van der Waals surface area contributed by atoms with Gasteiger partial charge in [-0.2, -0.15) is 0 Å². The number of likely N-dealkylation sites (tertiary alicyclic amines) is 1. The van der Waals surface area contributed by atoms with Crippen LogP contribution in [0.5, 0.6) is 0 Å². The maximum atomic E-state index is 12.1. The zero-order chi connectivity index (χ0) is 14.0. The Morgan fingerprint density at radius 3 is 2.63 bits per heavy atom. The largest absolute Gasteiger partial charge is 0.480 e. The van der Waals surface area contributed by atoms with E-state index >= 15 is 0 Å². The van der Waals surface area contributed by atoms with Crippen LogP contribution >= 0.6 is 0 Å².